The summed E-state index contributed by atoms with van der Waals surface area (Å²) in [5, 5.41) is 0. The molecule has 2 saturated heterocycles. The van der Waals surface area contributed by atoms with Crippen LogP contribution in [0.5, 0.6) is 0 Å². The van der Waals surface area contributed by atoms with Crippen LogP contribution in [0, 0.1) is 0 Å². The van der Waals surface area contributed by atoms with Crippen LogP contribution in [-0.2, 0) is 41.7 Å². The Balaban J connectivity index is 1.54. The molecule has 4 atom stereocenters. The van der Waals surface area contributed by atoms with Gasteiger partial charge in [0.2, 0.25) is 6.29 Å². The van der Waals surface area contributed by atoms with Crippen molar-refractivity contribution in [2.24, 2.45) is 0 Å². The van der Waals surface area contributed by atoms with Gasteiger partial charge in [-0.2, -0.15) is 0 Å². The van der Waals surface area contributed by atoms with Gasteiger partial charge >= 0.3 is 5.97 Å². The van der Waals surface area contributed by atoms with Crippen LogP contribution in [0.1, 0.15) is 11.1 Å². The molecule has 2 bridgehead atoms. The highest BCUT2D eigenvalue weighted by Gasteiger charge is 2.56. The number of esters is 1. The minimum absolute atomic E-state index is 0.210. The fourth-order valence-corrected chi connectivity index (χ4v) is 3.68. The molecule has 7 nitrogen and oxygen atoms in total. The smallest absolute Gasteiger partial charge is 0.337 e. The zero-order chi connectivity index (χ0) is 20.2. The Morgan fingerprint density at radius 3 is 2.31 bits per heavy atom. The zero-order valence-corrected chi connectivity index (χ0v) is 16.1. The standard InChI is InChI=1S/C22H23NO6/c1-26-21(25)19-18-17(14-27-13-16-10-6-3-7-11-16)23(20(24)22(28-18)29-19)12-15-8-4-2-5-9-15/h2-11,17-19,22H,12-14H2,1H3/t17-,18+,19+,22-/m0/s1. The third kappa shape index (κ3) is 4.17. The normalized spacial score (nSPS) is 25.8. The summed E-state index contributed by atoms with van der Waals surface area (Å²) in [5.41, 5.74) is 2.00. The van der Waals surface area contributed by atoms with Gasteiger partial charge in [0.15, 0.2) is 6.10 Å². The Labute approximate surface area is 169 Å². The quantitative estimate of drug-likeness (QED) is 0.665. The van der Waals surface area contributed by atoms with Crippen LogP contribution >= 0.6 is 0 Å². The van der Waals surface area contributed by atoms with E-state index in [0.29, 0.717) is 13.2 Å². The lowest BCUT2D eigenvalue weighted by Gasteiger charge is -2.38. The topological polar surface area (TPSA) is 74.3 Å². The number of hydrogen-bond acceptors (Lipinski definition) is 6. The second-order valence-corrected chi connectivity index (χ2v) is 7.03. The number of ether oxygens (including phenoxy) is 4. The fourth-order valence-electron chi connectivity index (χ4n) is 3.68. The van der Waals surface area contributed by atoms with E-state index in [4.69, 9.17) is 18.9 Å². The predicted molar refractivity (Wildman–Crippen MR) is 102 cm³/mol. The molecule has 0 radical (unpaired) electrons. The van der Waals surface area contributed by atoms with E-state index in [1.54, 1.807) is 4.90 Å². The van der Waals surface area contributed by atoms with E-state index in [1.165, 1.54) is 7.11 Å². The molecular formula is C22H23NO6. The van der Waals surface area contributed by atoms with Crippen LogP contribution in [0.15, 0.2) is 60.7 Å². The summed E-state index contributed by atoms with van der Waals surface area (Å²) in [6, 6.07) is 18.9. The first-order valence-electron chi connectivity index (χ1n) is 9.52. The van der Waals surface area contributed by atoms with E-state index < -0.39 is 30.5 Å². The maximum atomic E-state index is 13.0. The van der Waals surface area contributed by atoms with Gasteiger partial charge in [-0.1, -0.05) is 60.7 Å². The summed E-state index contributed by atoms with van der Waals surface area (Å²) >= 11 is 0. The lowest BCUT2D eigenvalue weighted by Crippen LogP contribution is -2.58. The molecule has 0 aromatic heterocycles. The summed E-state index contributed by atoms with van der Waals surface area (Å²) in [5.74, 6) is -0.871. The number of rotatable bonds is 7. The van der Waals surface area contributed by atoms with Crippen molar-refractivity contribution in [3.8, 4) is 0 Å². The molecular weight excluding hydrogens is 374 g/mol. The highest BCUT2D eigenvalue weighted by atomic mass is 16.8. The van der Waals surface area contributed by atoms with E-state index in [2.05, 4.69) is 0 Å². The second-order valence-electron chi connectivity index (χ2n) is 7.03. The highest BCUT2D eigenvalue weighted by Crippen LogP contribution is 2.33. The number of methoxy groups -OCH3 is 1. The van der Waals surface area contributed by atoms with E-state index in [0.717, 1.165) is 11.1 Å². The van der Waals surface area contributed by atoms with Crippen LogP contribution in [-0.4, -0.2) is 55.0 Å². The van der Waals surface area contributed by atoms with Gasteiger partial charge in [0.05, 0.1) is 26.4 Å². The second kappa shape index (κ2) is 8.73. The third-order valence-corrected chi connectivity index (χ3v) is 5.14. The largest absolute Gasteiger partial charge is 0.467 e. The van der Waals surface area contributed by atoms with Crippen molar-refractivity contribution in [2.75, 3.05) is 13.7 Å². The number of carbonyl (C=O) groups is 2. The first-order valence-corrected chi connectivity index (χ1v) is 9.52. The molecule has 29 heavy (non-hydrogen) atoms. The van der Waals surface area contributed by atoms with Crippen molar-refractivity contribution in [3.05, 3.63) is 71.8 Å². The number of fused-ring (bicyclic) bond motifs is 2. The highest BCUT2D eigenvalue weighted by molar-refractivity contribution is 5.84. The molecule has 0 aliphatic carbocycles. The van der Waals surface area contributed by atoms with Gasteiger partial charge < -0.3 is 23.8 Å². The molecule has 0 unspecified atom stereocenters. The van der Waals surface area contributed by atoms with Crippen molar-refractivity contribution in [1.82, 2.24) is 4.90 Å². The van der Waals surface area contributed by atoms with Gasteiger partial charge in [-0.05, 0) is 11.1 Å². The van der Waals surface area contributed by atoms with Gasteiger partial charge in [-0.15, -0.1) is 0 Å². The zero-order valence-electron chi connectivity index (χ0n) is 16.1. The molecule has 0 saturated carbocycles. The molecule has 152 valence electrons. The molecule has 2 aromatic rings. The number of hydrogen-bond donors (Lipinski definition) is 0. The van der Waals surface area contributed by atoms with Crippen molar-refractivity contribution >= 4 is 11.9 Å². The lowest BCUT2D eigenvalue weighted by atomic mass is 10.0. The Hall–Kier alpha value is -2.74. The average Bonchev–Trinajstić information content (AvgIpc) is 3.17. The number of carbonyl (C=O) groups excluding carboxylic acids is 2. The minimum Gasteiger partial charge on any atom is -0.467 e. The predicted octanol–water partition coefficient (Wildman–Crippen LogP) is 1.90. The van der Waals surface area contributed by atoms with Gasteiger partial charge in [0.1, 0.15) is 6.10 Å². The minimum atomic E-state index is -1.10. The van der Waals surface area contributed by atoms with E-state index in [1.807, 2.05) is 60.7 Å². The Bertz CT molecular complexity index is 843. The van der Waals surface area contributed by atoms with Crippen molar-refractivity contribution in [1.29, 1.82) is 0 Å². The van der Waals surface area contributed by atoms with Crippen LogP contribution in [0.3, 0.4) is 0 Å². The van der Waals surface area contributed by atoms with Crippen LogP contribution in [0.2, 0.25) is 0 Å². The fraction of sp³-hybridized carbons (Fsp3) is 0.364. The Morgan fingerprint density at radius 2 is 1.66 bits per heavy atom. The number of nitrogens with zero attached hydrogens (tertiary/aromatic N) is 1. The molecule has 2 heterocycles. The molecule has 7 heteroatoms. The van der Waals surface area contributed by atoms with Crippen molar-refractivity contribution in [3.63, 3.8) is 0 Å². The Kier molecular flexibility index (Phi) is 5.89. The summed E-state index contributed by atoms with van der Waals surface area (Å²) in [6.45, 7) is 0.985. The first-order chi connectivity index (χ1) is 14.2. The monoisotopic (exact) mass is 397 g/mol. The van der Waals surface area contributed by atoms with Gasteiger partial charge in [0.25, 0.3) is 5.91 Å². The third-order valence-electron chi connectivity index (χ3n) is 5.14. The molecule has 4 rings (SSSR count). The number of morpholine rings is 1. The maximum absolute atomic E-state index is 13.0. The van der Waals surface area contributed by atoms with Gasteiger partial charge in [0, 0.05) is 6.54 Å². The van der Waals surface area contributed by atoms with Gasteiger partial charge in [-0.25, -0.2) is 4.79 Å². The molecule has 0 spiro atoms. The molecule has 0 N–H and O–H groups in total. The van der Waals surface area contributed by atoms with Gasteiger partial charge in [-0.3, -0.25) is 4.79 Å². The summed E-state index contributed by atoms with van der Waals surface area (Å²) in [6.07, 6.45) is -2.71. The molecule has 2 fully saturated rings. The number of benzene rings is 2. The Morgan fingerprint density at radius 1 is 1.00 bits per heavy atom. The van der Waals surface area contributed by atoms with Crippen LogP contribution in [0.25, 0.3) is 0 Å². The average molecular weight is 397 g/mol. The van der Waals surface area contributed by atoms with Crippen LogP contribution < -0.4 is 0 Å². The van der Waals surface area contributed by atoms with Crippen molar-refractivity contribution in [2.45, 2.75) is 37.7 Å². The summed E-state index contributed by atoms with van der Waals surface area (Å²) in [7, 11) is 1.29. The van der Waals surface area contributed by atoms with E-state index in [9.17, 15) is 9.59 Å². The summed E-state index contributed by atoms with van der Waals surface area (Å²) < 4.78 is 22.0. The lowest BCUT2D eigenvalue weighted by molar-refractivity contribution is -0.183. The molecule has 2 aliphatic rings. The van der Waals surface area contributed by atoms with E-state index >= 15 is 0 Å². The first kappa shape index (κ1) is 19.6. The SMILES string of the molecule is COC(=O)[C@@H]1O[C@@H]2O[C@@H]1[C@H](COCc1ccccc1)N(Cc1ccccc1)C2=O. The van der Waals surface area contributed by atoms with Crippen molar-refractivity contribution < 1.29 is 28.5 Å². The van der Waals surface area contributed by atoms with E-state index in [-0.39, 0.29) is 12.5 Å². The molecule has 2 aromatic carbocycles. The number of amides is 1. The maximum Gasteiger partial charge on any atom is 0.337 e. The molecule has 2 aliphatic heterocycles. The summed E-state index contributed by atoms with van der Waals surface area (Å²) in [4.78, 5) is 26.8. The molecule has 1 amide bonds. The van der Waals surface area contributed by atoms with Crippen LogP contribution in [0.4, 0.5) is 0 Å².